The molecule has 0 saturated carbocycles. The van der Waals surface area contributed by atoms with Gasteiger partial charge in [0.1, 0.15) is 5.01 Å². The van der Waals surface area contributed by atoms with Crippen LogP contribution in [0.3, 0.4) is 0 Å². The van der Waals surface area contributed by atoms with Crippen LogP contribution in [0.4, 0.5) is 5.13 Å². The Kier molecular flexibility index (Phi) is 5.29. The SMILES string of the molecule is CCc1nn2c(=O)cc(CSc3nnc(NC(=O)c4cccs4)s3)nc2s1. The van der Waals surface area contributed by atoms with Gasteiger partial charge in [0.05, 0.1) is 10.6 Å². The molecule has 8 nitrogen and oxygen atoms in total. The fourth-order valence-corrected chi connectivity index (χ4v) is 5.25. The Morgan fingerprint density at radius 1 is 1.33 bits per heavy atom. The zero-order valence-corrected chi connectivity index (χ0v) is 17.2. The number of thioether (sulfide) groups is 1. The minimum Gasteiger partial charge on any atom is -0.296 e. The van der Waals surface area contributed by atoms with Crippen LogP contribution in [0.15, 0.2) is 32.7 Å². The molecule has 4 rings (SSSR count). The predicted octanol–water partition coefficient (Wildman–Crippen LogP) is 3.17. The van der Waals surface area contributed by atoms with Crippen LogP contribution in [0.1, 0.15) is 27.3 Å². The molecule has 12 heteroatoms. The highest BCUT2D eigenvalue weighted by atomic mass is 32.2. The van der Waals surface area contributed by atoms with Crippen LogP contribution in [0.5, 0.6) is 0 Å². The molecule has 0 aliphatic heterocycles. The Balaban J connectivity index is 1.43. The van der Waals surface area contributed by atoms with Crippen molar-refractivity contribution in [2.24, 2.45) is 0 Å². The van der Waals surface area contributed by atoms with E-state index < -0.39 is 0 Å². The predicted molar refractivity (Wildman–Crippen MR) is 108 cm³/mol. The van der Waals surface area contributed by atoms with Crippen molar-refractivity contribution in [3.63, 3.8) is 0 Å². The van der Waals surface area contributed by atoms with Crippen molar-refractivity contribution in [3.8, 4) is 0 Å². The molecule has 1 amide bonds. The number of nitrogens with one attached hydrogen (secondary N) is 1. The number of anilines is 1. The van der Waals surface area contributed by atoms with E-state index >= 15 is 0 Å². The minimum atomic E-state index is -0.199. The highest BCUT2D eigenvalue weighted by Crippen LogP contribution is 2.28. The van der Waals surface area contributed by atoms with Gasteiger partial charge in [0.2, 0.25) is 10.1 Å². The fourth-order valence-electron chi connectivity index (χ4n) is 2.13. The topological polar surface area (TPSA) is 102 Å². The van der Waals surface area contributed by atoms with Gasteiger partial charge in [-0.05, 0) is 17.9 Å². The minimum absolute atomic E-state index is 0.187. The number of carbonyl (C=O) groups excluding carboxylic acids is 1. The smallest absolute Gasteiger partial charge is 0.275 e. The Morgan fingerprint density at radius 3 is 3.00 bits per heavy atom. The van der Waals surface area contributed by atoms with Crippen LogP contribution >= 0.6 is 45.8 Å². The fraction of sp³-hybridized carbons (Fsp3) is 0.200. The number of amides is 1. The van der Waals surface area contributed by atoms with Crippen molar-refractivity contribution < 1.29 is 4.79 Å². The maximum atomic E-state index is 12.2. The quantitative estimate of drug-likeness (QED) is 0.366. The third kappa shape index (κ3) is 4.08. The molecule has 4 aromatic rings. The molecule has 0 aliphatic carbocycles. The van der Waals surface area contributed by atoms with Crippen molar-refractivity contribution in [2.45, 2.75) is 23.4 Å². The monoisotopic (exact) mass is 436 g/mol. The Bertz CT molecular complexity index is 1150. The second-order valence-electron chi connectivity index (χ2n) is 5.22. The first-order chi connectivity index (χ1) is 13.1. The van der Waals surface area contributed by atoms with E-state index in [1.807, 2.05) is 18.4 Å². The molecular formula is C15H12N6O2S4. The maximum absolute atomic E-state index is 12.2. The molecule has 0 unspecified atom stereocenters. The summed E-state index contributed by atoms with van der Waals surface area (Å²) in [6, 6.07) is 5.06. The number of carbonyl (C=O) groups is 1. The third-order valence-electron chi connectivity index (χ3n) is 3.36. The molecule has 1 N–H and O–H groups in total. The van der Waals surface area contributed by atoms with Gasteiger partial charge < -0.3 is 0 Å². The van der Waals surface area contributed by atoms with Gasteiger partial charge in [-0.2, -0.15) is 9.61 Å². The summed E-state index contributed by atoms with van der Waals surface area (Å²) in [4.78, 5) is 29.9. The lowest BCUT2D eigenvalue weighted by atomic mass is 10.4. The van der Waals surface area contributed by atoms with E-state index in [0.29, 0.717) is 30.8 Å². The van der Waals surface area contributed by atoms with Gasteiger partial charge in [-0.25, -0.2) is 4.98 Å². The van der Waals surface area contributed by atoms with Crippen LogP contribution in [0, 0.1) is 0 Å². The van der Waals surface area contributed by atoms with Gasteiger partial charge in [-0.15, -0.1) is 21.5 Å². The standard InChI is InChI=1S/C15H12N6O2S4/c1-2-10-20-21-11(22)6-8(16-14(21)26-10)7-25-15-19-18-13(27-15)17-12(23)9-4-3-5-24-9/h3-6H,2,7H2,1H3,(H,17,18,23). The maximum Gasteiger partial charge on any atom is 0.275 e. The van der Waals surface area contributed by atoms with E-state index in [0.717, 1.165) is 11.4 Å². The lowest BCUT2D eigenvalue weighted by Gasteiger charge is -1.98. The molecule has 0 bridgehead atoms. The molecule has 4 aromatic heterocycles. The molecule has 0 aromatic carbocycles. The Labute approximate surface area is 169 Å². The van der Waals surface area contributed by atoms with E-state index in [2.05, 4.69) is 25.6 Å². The van der Waals surface area contributed by atoms with Gasteiger partial charge in [0.25, 0.3) is 11.5 Å². The van der Waals surface area contributed by atoms with Crippen molar-refractivity contribution in [1.29, 1.82) is 0 Å². The van der Waals surface area contributed by atoms with Crippen LogP contribution in [0.2, 0.25) is 0 Å². The third-order valence-corrected chi connectivity index (χ3v) is 7.28. The van der Waals surface area contributed by atoms with E-state index in [-0.39, 0.29) is 11.5 Å². The number of fused-ring (bicyclic) bond motifs is 1. The molecule has 27 heavy (non-hydrogen) atoms. The summed E-state index contributed by atoms with van der Waals surface area (Å²) in [5.74, 6) is 0.285. The van der Waals surface area contributed by atoms with E-state index in [1.54, 1.807) is 6.07 Å². The highest BCUT2D eigenvalue weighted by molar-refractivity contribution is 8.00. The lowest BCUT2D eigenvalue weighted by Crippen LogP contribution is -2.15. The van der Waals surface area contributed by atoms with E-state index in [4.69, 9.17) is 0 Å². The Morgan fingerprint density at radius 2 is 2.22 bits per heavy atom. The number of thiophene rings is 1. The zero-order valence-electron chi connectivity index (χ0n) is 13.9. The number of nitrogens with zero attached hydrogens (tertiary/aromatic N) is 5. The van der Waals surface area contributed by atoms with Crippen molar-refractivity contribution in [3.05, 3.63) is 49.5 Å². The first kappa shape index (κ1) is 18.2. The summed E-state index contributed by atoms with van der Waals surface area (Å²) in [6.07, 6.45) is 0.766. The second kappa shape index (κ2) is 7.84. The van der Waals surface area contributed by atoms with Crippen LogP contribution in [-0.2, 0) is 12.2 Å². The normalized spacial score (nSPS) is 11.1. The first-order valence-corrected chi connectivity index (χ1v) is 11.3. The highest BCUT2D eigenvalue weighted by Gasteiger charge is 2.13. The summed E-state index contributed by atoms with van der Waals surface area (Å²) < 4.78 is 2.03. The van der Waals surface area contributed by atoms with E-state index in [1.165, 1.54) is 56.4 Å². The van der Waals surface area contributed by atoms with Gasteiger partial charge in [-0.1, -0.05) is 47.4 Å². The first-order valence-electron chi connectivity index (χ1n) is 7.82. The number of aromatic nitrogens is 5. The summed E-state index contributed by atoms with van der Waals surface area (Å²) >= 11 is 5.49. The van der Waals surface area contributed by atoms with Crippen molar-refractivity contribution >= 4 is 61.8 Å². The second-order valence-corrected chi connectivity index (χ2v) is 9.41. The average Bonchev–Trinajstić information content (AvgIpc) is 3.40. The molecule has 0 atom stereocenters. The molecule has 138 valence electrons. The largest absolute Gasteiger partial charge is 0.296 e. The molecule has 0 fully saturated rings. The zero-order chi connectivity index (χ0) is 18.8. The van der Waals surface area contributed by atoms with Crippen LogP contribution in [-0.4, -0.2) is 30.7 Å². The average molecular weight is 437 g/mol. The van der Waals surface area contributed by atoms with Gasteiger partial charge in [-0.3, -0.25) is 14.9 Å². The van der Waals surface area contributed by atoms with Crippen molar-refractivity contribution in [1.82, 2.24) is 24.8 Å². The van der Waals surface area contributed by atoms with Gasteiger partial charge >= 0.3 is 0 Å². The van der Waals surface area contributed by atoms with Gasteiger partial charge in [0, 0.05) is 11.8 Å². The number of hydrogen-bond donors (Lipinski definition) is 1. The molecule has 0 radical (unpaired) electrons. The van der Waals surface area contributed by atoms with Gasteiger partial charge in [0.15, 0.2) is 4.34 Å². The van der Waals surface area contributed by atoms with Crippen LogP contribution in [0.25, 0.3) is 4.96 Å². The lowest BCUT2D eigenvalue weighted by molar-refractivity contribution is 0.103. The summed E-state index contributed by atoms with van der Waals surface area (Å²) in [6.45, 7) is 1.99. The van der Waals surface area contributed by atoms with E-state index in [9.17, 15) is 9.59 Å². The molecule has 4 heterocycles. The molecular weight excluding hydrogens is 424 g/mol. The molecule has 0 saturated heterocycles. The number of rotatable bonds is 6. The number of hydrogen-bond acceptors (Lipinski definition) is 10. The van der Waals surface area contributed by atoms with Crippen LogP contribution < -0.4 is 10.9 Å². The Hall–Kier alpha value is -2.15. The molecule has 0 aliphatic rings. The summed E-state index contributed by atoms with van der Waals surface area (Å²) in [7, 11) is 0. The molecule has 0 spiro atoms. The summed E-state index contributed by atoms with van der Waals surface area (Å²) in [5, 5.41) is 18.2. The van der Waals surface area contributed by atoms with Crippen molar-refractivity contribution in [2.75, 3.05) is 5.32 Å². The number of aryl methyl sites for hydroxylation is 1. The summed E-state index contributed by atoms with van der Waals surface area (Å²) in [5.41, 5.74) is 0.475.